The lowest BCUT2D eigenvalue weighted by Gasteiger charge is -2.22. The molecule has 1 fully saturated rings. The van der Waals surface area contributed by atoms with Gasteiger partial charge in [0.25, 0.3) is 0 Å². The molecule has 0 aromatic carbocycles. The smallest absolute Gasteiger partial charge is 0.151 e. The van der Waals surface area contributed by atoms with Crippen molar-refractivity contribution in [1.29, 1.82) is 5.26 Å². The minimum atomic E-state index is 0.523. The molecule has 0 bridgehead atoms. The molecule has 1 aromatic heterocycles. The topological polar surface area (TPSA) is 65.9 Å². The van der Waals surface area contributed by atoms with Gasteiger partial charge >= 0.3 is 0 Å². The van der Waals surface area contributed by atoms with Gasteiger partial charge in [0.05, 0.1) is 11.3 Å². The molecule has 1 aromatic rings. The van der Waals surface area contributed by atoms with E-state index in [-0.39, 0.29) is 0 Å². The number of hydrogen-bond acceptors (Lipinski definition) is 4. The van der Waals surface area contributed by atoms with E-state index >= 15 is 0 Å². The summed E-state index contributed by atoms with van der Waals surface area (Å²) in [7, 11) is 0. The second-order valence-electron chi connectivity index (χ2n) is 4.77. The Kier molecular flexibility index (Phi) is 3.48. The van der Waals surface area contributed by atoms with Crippen LogP contribution in [0.1, 0.15) is 31.7 Å². The average Bonchev–Trinajstić information content (AvgIpc) is 2.54. The molecule has 1 unspecified atom stereocenters. The Bertz CT molecular complexity index is 436. The summed E-state index contributed by atoms with van der Waals surface area (Å²) in [6.07, 6.45) is 5.23. The van der Waals surface area contributed by atoms with Gasteiger partial charge in [0.15, 0.2) is 5.82 Å². The standard InChI is InChI=1S/C13H18N4/c1-10-3-2-5-17(6-4-10)13-12(15)7-11(8-14)9-16-13/h7,9-10H,2-6,15H2,1H3. The normalized spacial score (nSPS) is 20.7. The Morgan fingerprint density at radius 3 is 3.00 bits per heavy atom. The molecule has 17 heavy (non-hydrogen) atoms. The minimum absolute atomic E-state index is 0.523. The van der Waals surface area contributed by atoms with Crippen LogP contribution in [0.5, 0.6) is 0 Å². The molecule has 0 aliphatic carbocycles. The molecular formula is C13H18N4. The fourth-order valence-corrected chi connectivity index (χ4v) is 2.27. The summed E-state index contributed by atoms with van der Waals surface area (Å²) >= 11 is 0. The molecule has 0 amide bonds. The number of nitrogens with zero attached hydrogens (tertiary/aromatic N) is 3. The SMILES string of the molecule is CC1CCCN(c2ncc(C#N)cc2N)CC1. The Balaban J connectivity index is 2.19. The first kappa shape index (κ1) is 11.7. The number of pyridine rings is 1. The van der Waals surface area contributed by atoms with E-state index in [1.165, 1.54) is 19.3 Å². The van der Waals surface area contributed by atoms with Crippen molar-refractivity contribution in [2.24, 2.45) is 5.92 Å². The van der Waals surface area contributed by atoms with Crippen molar-refractivity contribution in [2.45, 2.75) is 26.2 Å². The van der Waals surface area contributed by atoms with E-state index in [9.17, 15) is 0 Å². The summed E-state index contributed by atoms with van der Waals surface area (Å²) in [6, 6.07) is 3.76. The lowest BCUT2D eigenvalue weighted by molar-refractivity contribution is 0.521. The van der Waals surface area contributed by atoms with Crippen LogP contribution in [0, 0.1) is 17.2 Å². The third-order valence-electron chi connectivity index (χ3n) is 3.34. The molecule has 4 heteroatoms. The maximum Gasteiger partial charge on any atom is 0.151 e. The maximum atomic E-state index is 8.78. The Morgan fingerprint density at radius 2 is 2.29 bits per heavy atom. The first-order chi connectivity index (χ1) is 8.20. The molecule has 1 atom stereocenters. The molecule has 0 radical (unpaired) electrons. The van der Waals surface area contributed by atoms with Crippen LogP contribution in [0.2, 0.25) is 0 Å². The summed E-state index contributed by atoms with van der Waals surface area (Å²) in [6.45, 7) is 4.30. The van der Waals surface area contributed by atoms with Gasteiger partial charge in [-0.05, 0) is 31.2 Å². The van der Waals surface area contributed by atoms with Crippen molar-refractivity contribution in [3.05, 3.63) is 17.8 Å². The molecular weight excluding hydrogens is 212 g/mol. The van der Waals surface area contributed by atoms with Crippen LogP contribution in [0.15, 0.2) is 12.3 Å². The fraction of sp³-hybridized carbons (Fsp3) is 0.538. The van der Waals surface area contributed by atoms with Crippen LogP contribution in [0.25, 0.3) is 0 Å². The second-order valence-corrected chi connectivity index (χ2v) is 4.77. The summed E-state index contributed by atoms with van der Waals surface area (Å²) < 4.78 is 0. The highest BCUT2D eigenvalue weighted by molar-refractivity contribution is 5.64. The number of hydrogen-bond donors (Lipinski definition) is 1. The lowest BCUT2D eigenvalue weighted by Crippen LogP contribution is -2.26. The Labute approximate surface area is 102 Å². The number of nitrogens with two attached hydrogens (primary N) is 1. The highest BCUT2D eigenvalue weighted by atomic mass is 15.2. The largest absolute Gasteiger partial charge is 0.396 e. The average molecular weight is 230 g/mol. The predicted octanol–water partition coefficient (Wildman–Crippen LogP) is 2.16. The maximum absolute atomic E-state index is 8.78. The highest BCUT2D eigenvalue weighted by Crippen LogP contribution is 2.25. The van der Waals surface area contributed by atoms with Crippen molar-refractivity contribution in [2.75, 3.05) is 23.7 Å². The summed E-state index contributed by atoms with van der Waals surface area (Å²) in [5.74, 6) is 1.61. The number of anilines is 2. The lowest BCUT2D eigenvalue weighted by atomic mass is 10.0. The fourth-order valence-electron chi connectivity index (χ4n) is 2.27. The van der Waals surface area contributed by atoms with E-state index in [4.69, 9.17) is 11.0 Å². The first-order valence-corrected chi connectivity index (χ1v) is 6.11. The molecule has 0 spiro atoms. The Morgan fingerprint density at radius 1 is 1.47 bits per heavy atom. The third-order valence-corrected chi connectivity index (χ3v) is 3.34. The Hall–Kier alpha value is -1.76. The number of aromatic nitrogens is 1. The van der Waals surface area contributed by atoms with Gasteiger partial charge in [0.1, 0.15) is 6.07 Å². The van der Waals surface area contributed by atoms with Gasteiger partial charge in [-0.3, -0.25) is 0 Å². The zero-order valence-electron chi connectivity index (χ0n) is 10.2. The van der Waals surface area contributed by atoms with Crippen LogP contribution < -0.4 is 10.6 Å². The summed E-state index contributed by atoms with van der Waals surface area (Å²) in [4.78, 5) is 6.55. The van der Waals surface area contributed by atoms with Crippen LogP contribution in [0.3, 0.4) is 0 Å². The van der Waals surface area contributed by atoms with E-state index < -0.39 is 0 Å². The molecule has 0 saturated carbocycles. The predicted molar refractivity (Wildman–Crippen MR) is 68.6 cm³/mol. The second kappa shape index (κ2) is 5.05. The zero-order valence-corrected chi connectivity index (χ0v) is 10.2. The van der Waals surface area contributed by atoms with Crippen molar-refractivity contribution in [3.63, 3.8) is 0 Å². The molecule has 1 aliphatic heterocycles. The number of nitrogen functional groups attached to an aromatic ring is 1. The van der Waals surface area contributed by atoms with E-state index in [0.29, 0.717) is 11.3 Å². The molecule has 1 aliphatic rings. The minimum Gasteiger partial charge on any atom is -0.396 e. The molecule has 4 nitrogen and oxygen atoms in total. The van der Waals surface area contributed by atoms with Crippen molar-refractivity contribution in [3.8, 4) is 6.07 Å². The van der Waals surface area contributed by atoms with E-state index in [1.54, 1.807) is 12.3 Å². The molecule has 2 rings (SSSR count). The summed E-state index contributed by atoms with van der Waals surface area (Å²) in [5.41, 5.74) is 7.09. The first-order valence-electron chi connectivity index (χ1n) is 6.11. The molecule has 1 saturated heterocycles. The molecule has 2 heterocycles. The van der Waals surface area contributed by atoms with Crippen molar-refractivity contribution >= 4 is 11.5 Å². The zero-order chi connectivity index (χ0) is 12.3. The number of rotatable bonds is 1. The highest BCUT2D eigenvalue weighted by Gasteiger charge is 2.17. The van der Waals surface area contributed by atoms with Crippen LogP contribution in [-0.2, 0) is 0 Å². The van der Waals surface area contributed by atoms with Gasteiger partial charge in [0, 0.05) is 19.3 Å². The van der Waals surface area contributed by atoms with Gasteiger partial charge in [0.2, 0.25) is 0 Å². The van der Waals surface area contributed by atoms with Crippen LogP contribution >= 0.6 is 0 Å². The van der Waals surface area contributed by atoms with Gasteiger partial charge in [-0.1, -0.05) is 6.92 Å². The summed E-state index contributed by atoms with van der Waals surface area (Å²) in [5, 5.41) is 8.78. The van der Waals surface area contributed by atoms with E-state index in [0.717, 1.165) is 24.8 Å². The van der Waals surface area contributed by atoms with Gasteiger partial charge in [-0.2, -0.15) is 5.26 Å². The monoisotopic (exact) mass is 230 g/mol. The van der Waals surface area contributed by atoms with Crippen molar-refractivity contribution in [1.82, 2.24) is 4.98 Å². The van der Waals surface area contributed by atoms with E-state index in [2.05, 4.69) is 22.9 Å². The van der Waals surface area contributed by atoms with Gasteiger partial charge in [-0.15, -0.1) is 0 Å². The number of nitriles is 1. The van der Waals surface area contributed by atoms with Crippen LogP contribution in [0.4, 0.5) is 11.5 Å². The molecule has 2 N–H and O–H groups in total. The van der Waals surface area contributed by atoms with E-state index in [1.807, 2.05) is 0 Å². The van der Waals surface area contributed by atoms with Gasteiger partial charge in [-0.25, -0.2) is 4.98 Å². The van der Waals surface area contributed by atoms with Crippen molar-refractivity contribution < 1.29 is 0 Å². The van der Waals surface area contributed by atoms with Crippen LogP contribution in [-0.4, -0.2) is 18.1 Å². The molecule has 90 valence electrons. The third kappa shape index (κ3) is 2.68. The van der Waals surface area contributed by atoms with Gasteiger partial charge < -0.3 is 10.6 Å². The quantitative estimate of drug-likeness (QED) is 0.803.